The Bertz CT molecular complexity index is 775. The monoisotopic (exact) mass is 362 g/mol. The van der Waals surface area contributed by atoms with Crippen molar-refractivity contribution in [3.05, 3.63) is 58.1 Å². The van der Waals surface area contributed by atoms with Gasteiger partial charge in [-0.2, -0.15) is 0 Å². The Morgan fingerprint density at radius 3 is 2.46 bits per heavy atom. The van der Waals surface area contributed by atoms with E-state index in [0.29, 0.717) is 27.7 Å². The van der Waals surface area contributed by atoms with Crippen molar-refractivity contribution in [2.24, 2.45) is 0 Å². The molecular weight excluding hydrogens is 347 g/mol. The molecule has 2 amide bonds. The first kappa shape index (κ1) is 16.8. The maximum atomic E-state index is 12.3. The Labute approximate surface area is 150 Å². The fourth-order valence-corrected chi connectivity index (χ4v) is 3.11. The molecule has 24 heavy (non-hydrogen) atoms. The van der Waals surface area contributed by atoms with Crippen molar-refractivity contribution in [3.63, 3.8) is 0 Å². The quantitative estimate of drug-likeness (QED) is 0.855. The zero-order valence-corrected chi connectivity index (χ0v) is 14.4. The number of carbonyl (C=O) groups excluding carboxylic acids is 2. The minimum atomic E-state index is -0.268. The number of nitrogens with one attached hydrogen (secondary N) is 1. The van der Waals surface area contributed by atoms with E-state index in [1.54, 1.807) is 47.4 Å². The molecule has 6 heteroatoms. The summed E-state index contributed by atoms with van der Waals surface area (Å²) in [5.74, 6) is -0.137. The second kappa shape index (κ2) is 7.24. The van der Waals surface area contributed by atoms with Gasteiger partial charge in [0.15, 0.2) is 0 Å². The largest absolute Gasteiger partial charge is 0.321 e. The highest BCUT2D eigenvalue weighted by atomic mass is 35.5. The van der Waals surface area contributed by atoms with Gasteiger partial charge in [-0.3, -0.25) is 9.59 Å². The molecule has 0 bridgehead atoms. The van der Waals surface area contributed by atoms with E-state index >= 15 is 0 Å². The summed E-state index contributed by atoms with van der Waals surface area (Å²) in [7, 11) is 0. The Kier molecular flexibility index (Phi) is 5.07. The highest BCUT2D eigenvalue weighted by Crippen LogP contribution is 2.26. The van der Waals surface area contributed by atoms with E-state index in [4.69, 9.17) is 23.2 Å². The van der Waals surface area contributed by atoms with Crippen molar-refractivity contribution in [2.45, 2.75) is 19.3 Å². The first-order chi connectivity index (χ1) is 11.5. The second-order valence-corrected chi connectivity index (χ2v) is 6.47. The molecule has 124 valence electrons. The average molecular weight is 363 g/mol. The lowest BCUT2D eigenvalue weighted by molar-refractivity contribution is -0.119. The Hall–Kier alpha value is -2.04. The van der Waals surface area contributed by atoms with Crippen molar-refractivity contribution in [3.8, 4) is 0 Å². The topological polar surface area (TPSA) is 49.4 Å². The Balaban J connectivity index is 1.73. The molecular formula is C18H16Cl2N2O2. The second-order valence-electron chi connectivity index (χ2n) is 5.63. The summed E-state index contributed by atoms with van der Waals surface area (Å²) in [4.78, 5) is 26.0. The number of anilines is 2. The van der Waals surface area contributed by atoms with Crippen LogP contribution in [0.3, 0.4) is 0 Å². The molecule has 4 nitrogen and oxygen atoms in total. The summed E-state index contributed by atoms with van der Waals surface area (Å²) >= 11 is 11.9. The van der Waals surface area contributed by atoms with Crippen molar-refractivity contribution in [1.82, 2.24) is 0 Å². The summed E-state index contributed by atoms with van der Waals surface area (Å²) in [6.07, 6.45) is 2.53. The molecule has 0 aliphatic carbocycles. The molecule has 3 rings (SSSR count). The van der Waals surface area contributed by atoms with Crippen molar-refractivity contribution >= 4 is 46.4 Å². The SMILES string of the molecule is O=C(Nc1ccc(Cl)cc1Cl)c1ccc(N2CCCCC2=O)cc1. The molecule has 0 saturated carbocycles. The maximum Gasteiger partial charge on any atom is 0.255 e. The summed E-state index contributed by atoms with van der Waals surface area (Å²) in [5.41, 5.74) is 1.82. The minimum Gasteiger partial charge on any atom is -0.321 e. The van der Waals surface area contributed by atoms with Crippen molar-refractivity contribution < 1.29 is 9.59 Å². The number of piperidine rings is 1. The number of rotatable bonds is 3. The number of benzene rings is 2. The van der Waals surface area contributed by atoms with Gasteiger partial charge in [0, 0.05) is 29.2 Å². The highest BCUT2D eigenvalue weighted by Gasteiger charge is 2.19. The molecule has 2 aromatic carbocycles. The predicted octanol–water partition coefficient (Wildman–Crippen LogP) is 4.76. The highest BCUT2D eigenvalue weighted by molar-refractivity contribution is 6.36. The van der Waals surface area contributed by atoms with Crippen LogP contribution in [0.2, 0.25) is 10.0 Å². The third-order valence-corrected chi connectivity index (χ3v) is 4.49. The van der Waals surface area contributed by atoms with Crippen LogP contribution in [0, 0.1) is 0 Å². The van der Waals surface area contributed by atoms with Gasteiger partial charge in [0.25, 0.3) is 5.91 Å². The molecule has 1 fully saturated rings. The summed E-state index contributed by atoms with van der Waals surface area (Å²) in [5, 5.41) is 3.64. The molecule has 2 aromatic rings. The molecule has 0 unspecified atom stereocenters. The van der Waals surface area contributed by atoms with Crippen LogP contribution in [-0.2, 0) is 4.79 Å². The van der Waals surface area contributed by atoms with E-state index in [0.717, 1.165) is 25.1 Å². The van der Waals surface area contributed by atoms with Gasteiger partial charge < -0.3 is 10.2 Å². The van der Waals surface area contributed by atoms with Crippen LogP contribution in [0.5, 0.6) is 0 Å². The van der Waals surface area contributed by atoms with Gasteiger partial charge in [-0.1, -0.05) is 23.2 Å². The van der Waals surface area contributed by atoms with E-state index in [-0.39, 0.29) is 11.8 Å². The van der Waals surface area contributed by atoms with Gasteiger partial charge >= 0.3 is 0 Å². The van der Waals surface area contributed by atoms with Crippen molar-refractivity contribution in [1.29, 1.82) is 0 Å². The van der Waals surface area contributed by atoms with E-state index < -0.39 is 0 Å². The van der Waals surface area contributed by atoms with Crippen LogP contribution in [0.25, 0.3) is 0 Å². The molecule has 1 heterocycles. The number of hydrogen-bond acceptors (Lipinski definition) is 2. The standard InChI is InChI=1S/C18H16Cl2N2O2/c19-13-6-9-16(15(20)11-13)21-18(24)12-4-7-14(8-5-12)22-10-2-1-3-17(22)23/h4-9,11H,1-3,10H2,(H,21,24). The average Bonchev–Trinajstić information content (AvgIpc) is 2.58. The molecule has 0 radical (unpaired) electrons. The third kappa shape index (κ3) is 3.71. The fraction of sp³-hybridized carbons (Fsp3) is 0.222. The maximum absolute atomic E-state index is 12.3. The molecule has 1 aliphatic heterocycles. The van der Waals surface area contributed by atoms with E-state index in [9.17, 15) is 9.59 Å². The summed E-state index contributed by atoms with van der Waals surface area (Å²) in [6.45, 7) is 0.727. The normalized spacial score (nSPS) is 14.6. The molecule has 1 saturated heterocycles. The Morgan fingerprint density at radius 1 is 1.04 bits per heavy atom. The van der Waals surface area contributed by atoms with E-state index in [2.05, 4.69) is 5.32 Å². The zero-order chi connectivity index (χ0) is 17.1. The summed E-state index contributed by atoms with van der Waals surface area (Å²) in [6, 6.07) is 11.9. The van der Waals surface area contributed by atoms with Gasteiger partial charge in [0.1, 0.15) is 0 Å². The van der Waals surface area contributed by atoms with Crippen LogP contribution in [0.1, 0.15) is 29.6 Å². The Morgan fingerprint density at radius 2 is 1.79 bits per heavy atom. The lowest BCUT2D eigenvalue weighted by atomic mass is 10.1. The number of hydrogen-bond donors (Lipinski definition) is 1. The first-order valence-corrected chi connectivity index (χ1v) is 8.47. The van der Waals surface area contributed by atoms with E-state index in [1.807, 2.05) is 0 Å². The van der Waals surface area contributed by atoms with E-state index in [1.165, 1.54) is 0 Å². The number of nitrogens with zero attached hydrogens (tertiary/aromatic N) is 1. The lowest BCUT2D eigenvalue weighted by Gasteiger charge is -2.26. The molecule has 0 atom stereocenters. The van der Waals surface area contributed by atoms with Crippen LogP contribution in [-0.4, -0.2) is 18.4 Å². The number of amides is 2. The van der Waals surface area contributed by atoms with Gasteiger partial charge in [-0.05, 0) is 55.3 Å². The first-order valence-electron chi connectivity index (χ1n) is 7.71. The molecule has 0 aromatic heterocycles. The summed E-state index contributed by atoms with van der Waals surface area (Å²) < 4.78 is 0. The van der Waals surface area contributed by atoms with Gasteiger partial charge in [-0.25, -0.2) is 0 Å². The van der Waals surface area contributed by atoms with Crippen LogP contribution >= 0.6 is 23.2 Å². The number of carbonyl (C=O) groups is 2. The van der Waals surface area contributed by atoms with Gasteiger partial charge in [-0.15, -0.1) is 0 Å². The van der Waals surface area contributed by atoms with Gasteiger partial charge in [0.2, 0.25) is 5.91 Å². The van der Waals surface area contributed by atoms with Crippen LogP contribution in [0.15, 0.2) is 42.5 Å². The zero-order valence-electron chi connectivity index (χ0n) is 12.9. The van der Waals surface area contributed by atoms with Gasteiger partial charge in [0.05, 0.1) is 10.7 Å². The van der Waals surface area contributed by atoms with Crippen LogP contribution < -0.4 is 10.2 Å². The number of halogens is 2. The predicted molar refractivity (Wildman–Crippen MR) is 97.1 cm³/mol. The minimum absolute atomic E-state index is 0.131. The lowest BCUT2D eigenvalue weighted by Crippen LogP contribution is -2.35. The fourth-order valence-electron chi connectivity index (χ4n) is 2.66. The molecule has 1 N–H and O–H groups in total. The molecule has 0 spiro atoms. The van der Waals surface area contributed by atoms with Crippen molar-refractivity contribution in [2.75, 3.05) is 16.8 Å². The smallest absolute Gasteiger partial charge is 0.255 e. The third-order valence-electron chi connectivity index (χ3n) is 3.94. The molecule has 1 aliphatic rings. The van der Waals surface area contributed by atoms with Crippen LogP contribution in [0.4, 0.5) is 11.4 Å².